The van der Waals surface area contributed by atoms with E-state index in [0.717, 1.165) is 39.7 Å². The van der Waals surface area contributed by atoms with Crippen LogP contribution in [-0.2, 0) is 0 Å². The van der Waals surface area contributed by atoms with Gasteiger partial charge in [0.15, 0.2) is 5.75 Å². The van der Waals surface area contributed by atoms with Crippen molar-refractivity contribution in [1.29, 1.82) is 0 Å². The lowest BCUT2D eigenvalue weighted by Gasteiger charge is -2.36. The number of anilines is 1. The quantitative estimate of drug-likeness (QED) is 0.541. The molecular weight excluding hydrogens is 419 g/mol. The van der Waals surface area contributed by atoms with E-state index in [-0.39, 0.29) is 11.8 Å². The Kier molecular flexibility index (Phi) is 5.46. The van der Waals surface area contributed by atoms with Gasteiger partial charge in [0.1, 0.15) is 23.1 Å². The van der Waals surface area contributed by atoms with Crippen LogP contribution in [-0.4, -0.2) is 47.8 Å². The average Bonchev–Trinajstić information content (AvgIpc) is 2.97. The van der Waals surface area contributed by atoms with Crippen LogP contribution >= 0.6 is 0 Å². The predicted molar refractivity (Wildman–Crippen MR) is 127 cm³/mol. The number of amidine groups is 1. The first kappa shape index (κ1) is 21.0. The Labute approximate surface area is 192 Å². The van der Waals surface area contributed by atoms with Gasteiger partial charge in [-0.25, -0.2) is 14.2 Å². The lowest BCUT2D eigenvalue weighted by atomic mass is 10.1. The number of aliphatic imine (C=N–C) groups is 1. The zero-order valence-corrected chi connectivity index (χ0v) is 18.6. The van der Waals surface area contributed by atoms with Crippen molar-refractivity contribution >= 4 is 23.2 Å². The molecule has 3 aromatic carbocycles. The van der Waals surface area contributed by atoms with E-state index in [0.29, 0.717) is 31.9 Å². The molecule has 0 saturated carbocycles. The third-order valence-electron chi connectivity index (χ3n) is 5.90. The number of benzene rings is 3. The Bertz CT molecular complexity index is 1230. The summed E-state index contributed by atoms with van der Waals surface area (Å²) in [6.45, 7) is 6.47. The maximum atomic E-state index is 13.1. The molecule has 2 amide bonds. The monoisotopic (exact) mass is 444 g/mol. The minimum absolute atomic E-state index is 0.190. The smallest absolute Gasteiger partial charge is 0.321 e. The highest BCUT2D eigenvalue weighted by molar-refractivity contribution is 6.04. The number of fused-ring (bicyclic) bond motifs is 2. The number of carbonyl (C=O) groups is 1. The first-order chi connectivity index (χ1) is 16.0. The van der Waals surface area contributed by atoms with Gasteiger partial charge in [0.25, 0.3) is 0 Å². The molecule has 0 aromatic heterocycles. The Balaban J connectivity index is 1.37. The van der Waals surface area contributed by atoms with Crippen molar-refractivity contribution in [2.75, 3.05) is 31.5 Å². The maximum absolute atomic E-state index is 13.1. The highest BCUT2D eigenvalue weighted by Gasteiger charge is 2.27. The number of piperazine rings is 1. The van der Waals surface area contributed by atoms with E-state index < -0.39 is 0 Å². The molecule has 0 atom stereocenters. The van der Waals surface area contributed by atoms with Crippen LogP contribution in [0.1, 0.15) is 16.7 Å². The summed E-state index contributed by atoms with van der Waals surface area (Å²) in [4.78, 5) is 21.6. The van der Waals surface area contributed by atoms with Crippen LogP contribution in [0, 0.1) is 19.7 Å². The van der Waals surface area contributed by atoms with Gasteiger partial charge >= 0.3 is 6.03 Å². The minimum Gasteiger partial charge on any atom is -0.454 e. The summed E-state index contributed by atoms with van der Waals surface area (Å²) in [7, 11) is 0. The maximum Gasteiger partial charge on any atom is 0.321 e. The average molecular weight is 445 g/mol. The number of nitrogens with one attached hydrogen (secondary N) is 1. The fourth-order valence-electron chi connectivity index (χ4n) is 4.09. The topological polar surface area (TPSA) is 57.2 Å². The van der Waals surface area contributed by atoms with Crippen molar-refractivity contribution in [3.63, 3.8) is 0 Å². The molecule has 3 aromatic rings. The molecule has 168 valence electrons. The van der Waals surface area contributed by atoms with E-state index in [4.69, 9.17) is 9.73 Å². The predicted octanol–water partition coefficient (Wildman–Crippen LogP) is 5.48. The van der Waals surface area contributed by atoms with Crippen LogP contribution in [0.5, 0.6) is 11.5 Å². The number of nitrogens with zero attached hydrogens (tertiary/aromatic N) is 3. The van der Waals surface area contributed by atoms with E-state index in [1.54, 1.807) is 17.0 Å². The molecule has 33 heavy (non-hydrogen) atoms. The lowest BCUT2D eigenvalue weighted by Crippen LogP contribution is -2.51. The highest BCUT2D eigenvalue weighted by atomic mass is 19.1. The molecule has 1 saturated heterocycles. The second kappa shape index (κ2) is 8.58. The number of aryl methyl sites for hydroxylation is 2. The van der Waals surface area contributed by atoms with Gasteiger partial charge in [0.2, 0.25) is 0 Å². The first-order valence-corrected chi connectivity index (χ1v) is 11.0. The number of ether oxygens (including phenoxy) is 1. The fourth-order valence-corrected chi connectivity index (χ4v) is 4.09. The third-order valence-corrected chi connectivity index (χ3v) is 5.90. The van der Waals surface area contributed by atoms with Crippen molar-refractivity contribution in [3.05, 3.63) is 83.2 Å². The normalized spacial score (nSPS) is 15.1. The van der Waals surface area contributed by atoms with Gasteiger partial charge in [0, 0.05) is 31.9 Å². The minimum atomic E-state index is -0.331. The van der Waals surface area contributed by atoms with E-state index in [2.05, 4.69) is 23.2 Å². The van der Waals surface area contributed by atoms with Crippen molar-refractivity contribution in [2.45, 2.75) is 13.8 Å². The van der Waals surface area contributed by atoms with Crippen molar-refractivity contribution in [2.24, 2.45) is 4.99 Å². The lowest BCUT2D eigenvalue weighted by molar-refractivity contribution is 0.181. The van der Waals surface area contributed by atoms with Crippen molar-refractivity contribution in [3.8, 4) is 11.5 Å². The Morgan fingerprint density at radius 3 is 2.36 bits per heavy atom. The number of carbonyl (C=O) groups excluding carboxylic acids is 1. The Hall–Kier alpha value is -3.87. The van der Waals surface area contributed by atoms with E-state index in [1.807, 2.05) is 37.3 Å². The van der Waals surface area contributed by atoms with Crippen LogP contribution in [0.3, 0.4) is 0 Å². The SMILES string of the molecule is Cc1ccc2c(c1)Oc1ccc(C)cc1C(N1CCN(C(=O)Nc3ccc(F)cc3)CC1)=N2. The number of halogens is 1. The number of urea groups is 1. The summed E-state index contributed by atoms with van der Waals surface area (Å²) in [6, 6.07) is 17.7. The van der Waals surface area contributed by atoms with Gasteiger partial charge in [-0.1, -0.05) is 17.7 Å². The van der Waals surface area contributed by atoms with Gasteiger partial charge in [-0.15, -0.1) is 0 Å². The molecule has 2 aliphatic heterocycles. The molecule has 7 heteroatoms. The molecule has 0 radical (unpaired) electrons. The molecule has 6 nitrogen and oxygen atoms in total. The van der Waals surface area contributed by atoms with Crippen LogP contribution in [0.15, 0.2) is 65.7 Å². The van der Waals surface area contributed by atoms with Crippen LogP contribution in [0.4, 0.5) is 20.6 Å². The van der Waals surface area contributed by atoms with Gasteiger partial charge < -0.3 is 19.9 Å². The molecule has 0 spiro atoms. The summed E-state index contributed by atoms with van der Waals surface area (Å²) >= 11 is 0. The number of hydrogen-bond acceptors (Lipinski definition) is 4. The first-order valence-electron chi connectivity index (χ1n) is 11.0. The summed E-state index contributed by atoms with van der Waals surface area (Å²) in [5, 5.41) is 2.84. The molecule has 0 unspecified atom stereocenters. The van der Waals surface area contributed by atoms with E-state index >= 15 is 0 Å². The summed E-state index contributed by atoms with van der Waals surface area (Å²) < 4.78 is 19.4. The van der Waals surface area contributed by atoms with Gasteiger partial charge in [-0.2, -0.15) is 0 Å². The molecule has 5 rings (SSSR count). The summed E-state index contributed by atoms with van der Waals surface area (Å²) in [6.07, 6.45) is 0. The fraction of sp³-hybridized carbons (Fsp3) is 0.231. The van der Waals surface area contributed by atoms with Crippen molar-refractivity contribution < 1.29 is 13.9 Å². The second-order valence-corrected chi connectivity index (χ2v) is 8.42. The molecular formula is C26H25FN4O2. The van der Waals surface area contributed by atoms with Gasteiger partial charge in [-0.05, 0) is 67.9 Å². The zero-order chi connectivity index (χ0) is 22.9. The third kappa shape index (κ3) is 4.39. The zero-order valence-electron chi connectivity index (χ0n) is 18.6. The summed E-state index contributed by atoms with van der Waals surface area (Å²) in [5.41, 5.74) is 4.56. The van der Waals surface area contributed by atoms with Crippen LogP contribution in [0.25, 0.3) is 0 Å². The molecule has 2 heterocycles. The van der Waals surface area contributed by atoms with E-state index in [1.165, 1.54) is 12.1 Å². The van der Waals surface area contributed by atoms with Gasteiger partial charge in [-0.3, -0.25) is 0 Å². The van der Waals surface area contributed by atoms with Crippen LogP contribution in [0.2, 0.25) is 0 Å². The highest BCUT2D eigenvalue weighted by Crippen LogP contribution is 2.39. The number of amides is 2. The molecule has 2 aliphatic rings. The molecule has 0 bridgehead atoms. The Morgan fingerprint density at radius 2 is 1.61 bits per heavy atom. The Morgan fingerprint density at radius 1 is 0.909 bits per heavy atom. The molecule has 1 N–H and O–H groups in total. The van der Waals surface area contributed by atoms with Crippen molar-refractivity contribution in [1.82, 2.24) is 9.80 Å². The second-order valence-electron chi connectivity index (χ2n) is 8.42. The largest absolute Gasteiger partial charge is 0.454 e. The van der Waals surface area contributed by atoms with E-state index in [9.17, 15) is 9.18 Å². The standard InChI is InChI=1S/C26H25FN4O2/c1-17-4-10-23-21(15-17)25(29-22-9-3-18(2)16-24(22)33-23)30-11-13-31(14-12-30)26(32)28-20-7-5-19(27)6-8-20/h3-10,15-16H,11-14H2,1-2H3,(H,28,32). The number of rotatable bonds is 1. The summed E-state index contributed by atoms with van der Waals surface area (Å²) in [5.74, 6) is 2.05. The molecule has 0 aliphatic carbocycles. The van der Waals surface area contributed by atoms with Crippen LogP contribution < -0.4 is 10.1 Å². The number of hydrogen-bond donors (Lipinski definition) is 1. The van der Waals surface area contributed by atoms with Gasteiger partial charge in [0.05, 0.1) is 5.56 Å². The molecule has 1 fully saturated rings.